The van der Waals surface area contributed by atoms with E-state index in [-0.39, 0.29) is 5.56 Å². The number of hydrogen-bond acceptors (Lipinski definition) is 3. The van der Waals surface area contributed by atoms with Crippen molar-refractivity contribution in [3.05, 3.63) is 40.9 Å². The lowest BCUT2D eigenvalue weighted by Gasteiger charge is -2.18. The van der Waals surface area contributed by atoms with Gasteiger partial charge in [-0.15, -0.1) is 5.10 Å². The Kier molecular flexibility index (Phi) is 3.94. The van der Waals surface area contributed by atoms with Gasteiger partial charge in [0, 0.05) is 10.7 Å². The summed E-state index contributed by atoms with van der Waals surface area (Å²) >= 11 is 3.31. The lowest BCUT2D eigenvalue weighted by molar-refractivity contribution is 0.0511. The van der Waals surface area contributed by atoms with Gasteiger partial charge in [-0.2, -0.15) is 9.07 Å². The van der Waals surface area contributed by atoms with Gasteiger partial charge in [0.25, 0.3) is 0 Å². The minimum absolute atomic E-state index is 0.253. The van der Waals surface area contributed by atoms with Crippen molar-refractivity contribution in [3.63, 3.8) is 0 Å². The van der Waals surface area contributed by atoms with E-state index in [4.69, 9.17) is 4.74 Å². The molecule has 106 valence electrons. The highest BCUT2D eigenvalue weighted by Crippen LogP contribution is 2.24. The summed E-state index contributed by atoms with van der Waals surface area (Å²) in [6, 6.07) is 7.06. The van der Waals surface area contributed by atoms with Gasteiger partial charge >= 0.3 is 6.09 Å². The smallest absolute Gasteiger partial charge is 0.435 e. The van der Waals surface area contributed by atoms with Gasteiger partial charge < -0.3 is 4.74 Å². The van der Waals surface area contributed by atoms with Crippen molar-refractivity contribution < 1.29 is 13.9 Å². The van der Waals surface area contributed by atoms with Gasteiger partial charge in [0.1, 0.15) is 5.60 Å². The van der Waals surface area contributed by atoms with Crippen LogP contribution in [0.15, 0.2) is 34.9 Å². The SMILES string of the molecule is CC(C)(C)OC(=O)n1cc(-c2ccc(Br)cc2)c(F)n1. The maximum atomic E-state index is 13.8. The number of ether oxygens (including phenoxy) is 1. The van der Waals surface area contributed by atoms with Crippen LogP contribution in [0, 0.1) is 5.95 Å². The van der Waals surface area contributed by atoms with Crippen LogP contribution in [-0.2, 0) is 4.74 Å². The molecule has 0 aliphatic carbocycles. The van der Waals surface area contributed by atoms with Crippen molar-refractivity contribution >= 4 is 22.0 Å². The predicted molar refractivity (Wildman–Crippen MR) is 77.0 cm³/mol. The minimum atomic E-state index is -0.710. The monoisotopic (exact) mass is 340 g/mol. The number of aromatic nitrogens is 2. The second-order valence-corrected chi connectivity index (χ2v) is 6.18. The molecular formula is C14H14BrFN2O2. The molecule has 20 heavy (non-hydrogen) atoms. The van der Waals surface area contributed by atoms with E-state index in [1.54, 1.807) is 45.0 Å². The summed E-state index contributed by atoms with van der Waals surface area (Å²) in [6.07, 6.45) is 0.617. The third-order valence-corrected chi connectivity index (χ3v) is 2.93. The van der Waals surface area contributed by atoms with E-state index in [2.05, 4.69) is 21.0 Å². The average Bonchev–Trinajstić information content (AvgIpc) is 2.70. The second kappa shape index (κ2) is 5.36. The zero-order chi connectivity index (χ0) is 14.9. The van der Waals surface area contributed by atoms with Crippen LogP contribution in [-0.4, -0.2) is 21.5 Å². The maximum absolute atomic E-state index is 13.8. The molecule has 1 aromatic carbocycles. The highest BCUT2D eigenvalue weighted by molar-refractivity contribution is 9.10. The highest BCUT2D eigenvalue weighted by atomic mass is 79.9. The lowest BCUT2D eigenvalue weighted by atomic mass is 10.1. The predicted octanol–water partition coefficient (Wildman–Crippen LogP) is 4.23. The molecule has 0 saturated carbocycles. The topological polar surface area (TPSA) is 44.1 Å². The lowest BCUT2D eigenvalue weighted by Crippen LogP contribution is -2.27. The maximum Gasteiger partial charge on any atom is 0.435 e. The molecule has 0 aliphatic rings. The Bertz CT molecular complexity index is 630. The zero-order valence-corrected chi connectivity index (χ0v) is 12.9. The molecule has 0 bridgehead atoms. The first-order valence-electron chi connectivity index (χ1n) is 6.01. The normalized spacial score (nSPS) is 11.4. The molecule has 1 aromatic heterocycles. The van der Waals surface area contributed by atoms with Gasteiger partial charge in [-0.05, 0) is 38.5 Å². The number of halogens is 2. The van der Waals surface area contributed by atoms with Crippen LogP contribution >= 0.6 is 15.9 Å². The van der Waals surface area contributed by atoms with Crippen molar-refractivity contribution in [2.75, 3.05) is 0 Å². The molecule has 0 unspecified atom stereocenters. The molecule has 4 nitrogen and oxygen atoms in total. The number of carbonyl (C=O) groups excluding carboxylic acids is 1. The summed E-state index contributed by atoms with van der Waals surface area (Å²) in [5.41, 5.74) is 0.237. The first-order chi connectivity index (χ1) is 9.26. The first-order valence-corrected chi connectivity index (χ1v) is 6.80. The quantitative estimate of drug-likeness (QED) is 0.779. The fourth-order valence-corrected chi connectivity index (χ4v) is 1.84. The molecule has 0 fully saturated rings. The van der Waals surface area contributed by atoms with Crippen molar-refractivity contribution in [3.8, 4) is 11.1 Å². The van der Waals surface area contributed by atoms with E-state index in [0.717, 1.165) is 9.15 Å². The minimum Gasteiger partial charge on any atom is -0.442 e. The average molecular weight is 341 g/mol. The molecule has 0 aliphatic heterocycles. The largest absolute Gasteiger partial charge is 0.442 e. The molecule has 0 spiro atoms. The number of hydrogen-bond donors (Lipinski definition) is 0. The van der Waals surface area contributed by atoms with E-state index in [1.165, 1.54) is 6.20 Å². The van der Waals surface area contributed by atoms with Gasteiger partial charge in [0.15, 0.2) is 0 Å². The number of rotatable bonds is 1. The summed E-state index contributed by atoms with van der Waals surface area (Å²) < 4.78 is 20.7. The highest BCUT2D eigenvalue weighted by Gasteiger charge is 2.21. The molecule has 0 atom stereocenters. The standard InChI is InChI=1S/C14H14BrFN2O2/c1-14(2,3)20-13(19)18-8-11(12(16)17-18)9-4-6-10(15)7-5-9/h4-8H,1-3H3. The van der Waals surface area contributed by atoms with Crippen LogP contribution in [0.5, 0.6) is 0 Å². The van der Waals surface area contributed by atoms with E-state index in [1.807, 2.05) is 0 Å². The van der Waals surface area contributed by atoms with Gasteiger partial charge in [-0.25, -0.2) is 4.79 Å². The molecule has 0 radical (unpaired) electrons. The molecule has 6 heteroatoms. The summed E-state index contributed by atoms with van der Waals surface area (Å²) in [6.45, 7) is 5.21. The fraction of sp³-hybridized carbons (Fsp3) is 0.286. The van der Waals surface area contributed by atoms with Gasteiger partial charge in [-0.1, -0.05) is 28.1 Å². The first kappa shape index (κ1) is 14.7. The van der Waals surface area contributed by atoms with Gasteiger partial charge in [0.2, 0.25) is 5.95 Å². The summed E-state index contributed by atoms with van der Waals surface area (Å²) in [5, 5.41) is 3.56. The van der Waals surface area contributed by atoms with E-state index in [9.17, 15) is 9.18 Å². The molecule has 2 rings (SSSR count). The van der Waals surface area contributed by atoms with Gasteiger partial charge in [0.05, 0.1) is 5.56 Å². The van der Waals surface area contributed by atoms with Crippen molar-refractivity contribution in [2.24, 2.45) is 0 Å². The van der Waals surface area contributed by atoms with Crippen LogP contribution < -0.4 is 0 Å². The summed E-state index contributed by atoms with van der Waals surface area (Å²) in [7, 11) is 0. The van der Waals surface area contributed by atoms with Crippen LogP contribution in [0.4, 0.5) is 9.18 Å². The summed E-state index contributed by atoms with van der Waals surface area (Å²) in [5.74, 6) is -0.710. The Hall–Kier alpha value is -1.69. The second-order valence-electron chi connectivity index (χ2n) is 5.27. The Labute approximate surface area is 124 Å². The van der Waals surface area contributed by atoms with Crippen LogP contribution in [0.3, 0.4) is 0 Å². The van der Waals surface area contributed by atoms with Crippen molar-refractivity contribution in [1.29, 1.82) is 0 Å². The van der Waals surface area contributed by atoms with Crippen molar-refractivity contribution in [2.45, 2.75) is 26.4 Å². The number of benzene rings is 1. The molecule has 0 N–H and O–H groups in total. The van der Waals surface area contributed by atoms with Crippen LogP contribution in [0.1, 0.15) is 20.8 Å². The summed E-state index contributed by atoms with van der Waals surface area (Å²) in [4.78, 5) is 11.8. The molecular weight excluding hydrogens is 327 g/mol. The van der Waals surface area contributed by atoms with Crippen LogP contribution in [0.2, 0.25) is 0 Å². The zero-order valence-electron chi connectivity index (χ0n) is 11.4. The molecule has 0 amide bonds. The third kappa shape index (κ3) is 3.45. The molecule has 1 heterocycles. The number of carbonyl (C=O) groups is 1. The Morgan fingerprint density at radius 1 is 1.30 bits per heavy atom. The molecule has 2 aromatic rings. The van der Waals surface area contributed by atoms with Crippen molar-refractivity contribution in [1.82, 2.24) is 9.78 Å². The third-order valence-electron chi connectivity index (χ3n) is 2.40. The fourth-order valence-electron chi connectivity index (χ4n) is 1.58. The number of nitrogens with zero attached hydrogens (tertiary/aromatic N) is 2. The van der Waals surface area contributed by atoms with Crippen LogP contribution in [0.25, 0.3) is 11.1 Å². The molecule has 0 saturated heterocycles. The van der Waals surface area contributed by atoms with E-state index in [0.29, 0.717) is 5.56 Å². The Balaban J connectivity index is 2.30. The Morgan fingerprint density at radius 3 is 2.45 bits per heavy atom. The van der Waals surface area contributed by atoms with E-state index >= 15 is 0 Å². The Morgan fingerprint density at radius 2 is 1.90 bits per heavy atom. The van der Waals surface area contributed by atoms with E-state index < -0.39 is 17.6 Å². The van der Waals surface area contributed by atoms with Gasteiger partial charge in [-0.3, -0.25) is 0 Å².